The predicted molar refractivity (Wildman–Crippen MR) is 70.1 cm³/mol. The third kappa shape index (κ3) is 2.24. The summed E-state index contributed by atoms with van der Waals surface area (Å²) in [7, 11) is 4.25. The fourth-order valence-corrected chi connectivity index (χ4v) is 2.90. The highest BCUT2D eigenvalue weighted by atomic mass is 15.3. The van der Waals surface area contributed by atoms with E-state index in [1.54, 1.807) is 0 Å². The second-order valence-corrected chi connectivity index (χ2v) is 5.20. The third-order valence-electron chi connectivity index (χ3n) is 4.20. The molecular formula is C13H24N4. The largest absolute Gasteiger partial charge is 0.315 e. The van der Waals surface area contributed by atoms with Crippen LogP contribution in [0.25, 0.3) is 0 Å². The Bertz CT molecular complexity index is 390. The Hall–Kier alpha value is -0.870. The minimum atomic E-state index is 0.439. The van der Waals surface area contributed by atoms with E-state index in [0.29, 0.717) is 12.1 Å². The lowest BCUT2D eigenvalue weighted by Crippen LogP contribution is -2.35. The van der Waals surface area contributed by atoms with Crippen molar-refractivity contribution in [3.8, 4) is 0 Å². The summed E-state index contributed by atoms with van der Waals surface area (Å²) in [4.78, 5) is 2.48. The van der Waals surface area contributed by atoms with Gasteiger partial charge in [-0.25, -0.2) is 0 Å². The van der Waals surface area contributed by atoms with Gasteiger partial charge >= 0.3 is 0 Å². The van der Waals surface area contributed by atoms with Gasteiger partial charge in [-0.15, -0.1) is 0 Å². The molecule has 2 unspecified atom stereocenters. The van der Waals surface area contributed by atoms with Crippen LogP contribution in [0.3, 0.4) is 0 Å². The molecule has 0 aliphatic carbocycles. The van der Waals surface area contributed by atoms with Crippen LogP contribution in [-0.4, -0.2) is 40.9 Å². The molecule has 1 aliphatic heterocycles. The molecule has 1 aromatic rings. The molecule has 4 heteroatoms. The molecule has 0 spiro atoms. The molecule has 96 valence electrons. The number of hydrogen-bond donors (Lipinski definition) is 1. The first-order valence-electron chi connectivity index (χ1n) is 6.45. The van der Waals surface area contributed by atoms with Crippen molar-refractivity contribution < 1.29 is 0 Å². The topological polar surface area (TPSA) is 33.1 Å². The summed E-state index contributed by atoms with van der Waals surface area (Å²) in [5.74, 6) is 0. The van der Waals surface area contributed by atoms with Crippen LogP contribution in [0.4, 0.5) is 0 Å². The van der Waals surface area contributed by atoms with Crippen LogP contribution >= 0.6 is 0 Å². The normalized spacial score (nSPS) is 22.4. The lowest BCUT2D eigenvalue weighted by molar-refractivity contribution is 0.196. The molecule has 0 bridgehead atoms. The summed E-state index contributed by atoms with van der Waals surface area (Å²) < 4.78 is 1.99. The van der Waals surface area contributed by atoms with Gasteiger partial charge in [0.15, 0.2) is 0 Å². The number of aryl methyl sites for hydroxylation is 2. The molecule has 1 N–H and O–H groups in total. The highest BCUT2D eigenvalue weighted by Gasteiger charge is 2.26. The SMILES string of the molecule is Cc1nn(C)c(C)c1C(C)N(C)C1CCNC1. The lowest BCUT2D eigenvalue weighted by atomic mass is 10.0. The van der Waals surface area contributed by atoms with Crippen LogP contribution in [-0.2, 0) is 7.05 Å². The maximum absolute atomic E-state index is 4.52. The Labute approximate surface area is 104 Å². The molecule has 0 aromatic carbocycles. The van der Waals surface area contributed by atoms with E-state index >= 15 is 0 Å². The van der Waals surface area contributed by atoms with Crippen molar-refractivity contribution in [1.29, 1.82) is 0 Å². The summed E-state index contributed by atoms with van der Waals surface area (Å²) in [6, 6.07) is 1.10. The quantitative estimate of drug-likeness (QED) is 0.861. The maximum Gasteiger partial charge on any atom is 0.0644 e. The van der Waals surface area contributed by atoms with Gasteiger partial charge in [-0.2, -0.15) is 5.10 Å². The van der Waals surface area contributed by atoms with E-state index in [4.69, 9.17) is 0 Å². The Morgan fingerprint density at radius 3 is 2.65 bits per heavy atom. The van der Waals surface area contributed by atoms with Crippen LogP contribution < -0.4 is 5.32 Å². The van der Waals surface area contributed by atoms with E-state index in [2.05, 4.69) is 43.1 Å². The van der Waals surface area contributed by atoms with Crippen LogP contribution in [0.1, 0.15) is 36.3 Å². The fraction of sp³-hybridized carbons (Fsp3) is 0.769. The van der Waals surface area contributed by atoms with Gasteiger partial charge in [-0.05, 0) is 40.8 Å². The smallest absolute Gasteiger partial charge is 0.0644 e. The average Bonchev–Trinajstić information content (AvgIpc) is 2.87. The van der Waals surface area contributed by atoms with Crippen LogP contribution in [0, 0.1) is 13.8 Å². The van der Waals surface area contributed by atoms with Crippen LogP contribution in [0.2, 0.25) is 0 Å². The molecule has 1 aliphatic rings. The van der Waals surface area contributed by atoms with Crippen molar-refractivity contribution in [2.75, 3.05) is 20.1 Å². The summed E-state index contributed by atoms with van der Waals surface area (Å²) >= 11 is 0. The second-order valence-electron chi connectivity index (χ2n) is 5.20. The molecule has 2 heterocycles. The Balaban J connectivity index is 2.20. The maximum atomic E-state index is 4.52. The van der Waals surface area contributed by atoms with Gasteiger partial charge in [0.05, 0.1) is 5.69 Å². The highest BCUT2D eigenvalue weighted by Crippen LogP contribution is 2.27. The predicted octanol–water partition coefficient (Wildman–Crippen LogP) is 1.39. The van der Waals surface area contributed by atoms with Gasteiger partial charge in [0.25, 0.3) is 0 Å². The molecule has 2 atom stereocenters. The summed E-state index contributed by atoms with van der Waals surface area (Å²) in [5.41, 5.74) is 3.84. The number of likely N-dealkylation sites (N-methyl/N-ethyl adjacent to an activating group) is 1. The number of nitrogens with one attached hydrogen (secondary N) is 1. The molecular weight excluding hydrogens is 212 g/mol. The van der Waals surface area contributed by atoms with E-state index in [0.717, 1.165) is 18.8 Å². The first-order valence-corrected chi connectivity index (χ1v) is 6.45. The van der Waals surface area contributed by atoms with Gasteiger partial charge < -0.3 is 5.32 Å². The minimum Gasteiger partial charge on any atom is -0.315 e. The highest BCUT2D eigenvalue weighted by molar-refractivity contribution is 5.27. The standard InChI is InChI=1S/C13H24N4/c1-9-13(11(3)17(5)15-9)10(2)16(4)12-6-7-14-8-12/h10,12,14H,6-8H2,1-5H3. The van der Waals surface area contributed by atoms with Gasteiger partial charge in [0, 0.05) is 36.9 Å². The number of rotatable bonds is 3. The Morgan fingerprint density at radius 2 is 2.18 bits per heavy atom. The molecule has 4 nitrogen and oxygen atoms in total. The van der Waals surface area contributed by atoms with Crippen molar-refractivity contribution in [2.45, 2.75) is 39.3 Å². The van der Waals surface area contributed by atoms with Crippen LogP contribution in [0.5, 0.6) is 0 Å². The molecule has 1 aromatic heterocycles. The van der Waals surface area contributed by atoms with Crippen molar-refractivity contribution in [3.05, 3.63) is 17.0 Å². The number of hydrogen-bond acceptors (Lipinski definition) is 3. The zero-order valence-electron chi connectivity index (χ0n) is 11.6. The Kier molecular flexibility index (Phi) is 3.54. The number of nitrogens with zero attached hydrogens (tertiary/aromatic N) is 3. The molecule has 1 saturated heterocycles. The van der Waals surface area contributed by atoms with Gasteiger partial charge in [-0.1, -0.05) is 0 Å². The van der Waals surface area contributed by atoms with Crippen molar-refractivity contribution >= 4 is 0 Å². The summed E-state index contributed by atoms with van der Waals surface area (Å²) in [5, 5.41) is 7.95. The van der Waals surface area contributed by atoms with Gasteiger partial charge in [0.2, 0.25) is 0 Å². The van der Waals surface area contributed by atoms with Gasteiger partial charge in [0.1, 0.15) is 0 Å². The van der Waals surface area contributed by atoms with E-state index in [1.807, 2.05) is 11.7 Å². The third-order valence-corrected chi connectivity index (χ3v) is 4.20. The van der Waals surface area contributed by atoms with E-state index in [9.17, 15) is 0 Å². The van der Waals surface area contributed by atoms with E-state index < -0.39 is 0 Å². The summed E-state index contributed by atoms with van der Waals surface area (Å²) in [6.07, 6.45) is 1.25. The second kappa shape index (κ2) is 4.78. The molecule has 17 heavy (non-hydrogen) atoms. The van der Waals surface area contributed by atoms with Crippen molar-refractivity contribution in [1.82, 2.24) is 20.0 Å². The number of aromatic nitrogens is 2. The summed E-state index contributed by atoms with van der Waals surface area (Å²) in [6.45, 7) is 8.81. The molecule has 1 fully saturated rings. The van der Waals surface area contributed by atoms with E-state index in [-0.39, 0.29) is 0 Å². The van der Waals surface area contributed by atoms with Crippen molar-refractivity contribution in [3.63, 3.8) is 0 Å². The molecule has 0 amide bonds. The van der Waals surface area contributed by atoms with Crippen molar-refractivity contribution in [2.24, 2.45) is 7.05 Å². The average molecular weight is 236 g/mol. The minimum absolute atomic E-state index is 0.439. The van der Waals surface area contributed by atoms with E-state index in [1.165, 1.54) is 17.7 Å². The zero-order valence-corrected chi connectivity index (χ0v) is 11.6. The lowest BCUT2D eigenvalue weighted by Gasteiger charge is -2.30. The first-order chi connectivity index (χ1) is 8.02. The van der Waals surface area contributed by atoms with Gasteiger partial charge in [-0.3, -0.25) is 9.58 Å². The van der Waals surface area contributed by atoms with Crippen LogP contribution in [0.15, 0.2) is 0 Å². The molecule has 0 saturated carbocycles. The monoisotopic (exact) mass is 236 g/mol. The zero-order chi connectivity index (χ0) is 12.6. The first kappa shape index (κ1) is 12.6. The molecule has 0 radical (unpaired) electrons. The molecule has 2 rings (SSSR count). The Morgan fingerprint density at radius 1 is 1.47 bits per heavy atom. The fourth-order valence-electron chi connectivity index (χ4n) is 2.90.